The van der Waals surface area contributed by atoms with Crippen LogP contribution in [0.25, 0.3) is 21.8 Å². The molecule has 0 amide bonds. The summed E-state index contributed by atoms with van der Waals surface area (Å²) in [7, 11) is 3.34. The Labute approximate surface area is 355 Å². The maximum Gasteiger partial charge on any atom is 0.129 e. The molecule has 0 radical (unpaired) electrons. The molecule has 0 unspecified atom stereocenters. The van der Waals surface area contributed by atoms with Crippen LogP contribution in [-0.4, -0.2) is 34.4 Å². The van der Waals surface area contributed by atoms with Gasteiger partial charge in [0.2, 0.25) is 0 Å². The fourth-order valence-corrected chi connectivity index (χ4v) is 6.98. The van der Waals surface area contributed by atoms with Crippen LogP contribution in [0.15, 0.2) is 158 Å². The highest BCUT2D eigenvalue weighted by molar-refractivity contribution is 6.36. The van der Waals surface area contributed by atoms with E-state index < -0.39 is 0 Å². The van der Waals surface area contributed by atoms with Gasteiger partial charge >= 0.3 is 0 Å². The second kappa shape index (κ2) is 18.5. The maximum atomic E-state index is 9.30. The largest absolute Gasteiger partial charge is 0.508 e. The summed E-state index contributed by atoms with van der Waals surface area (Å²) in [6, 6.07) is 45.8. The minimum absolute atomic E-state index is 0.131. The summed E-state index contributed by atoms with van der Waals surface area (Å²) in [4.78, 5) is 8.55. The number of nitrogens with zero attached hydrogens (tertiary/aromatic N) is 2. The summed E-state index contributed by atoms with van der Waals surface area (Å²) in [5.41, 5.74) is 6.08. The highest BCUT2D eigenvalue weighted by Gasteiger charge is 2.24. The van der Waals surface area contributed by atoms with Gasteiger partial charge in [0.1, 0.15) is 34.5 Å². The molecule has 2 aromatic heterocycles. The van der Waals surface area contributed by atoms with Gasteiger partial charge in [-0.05, 0) is 113 Å². The Morgan fingerprint density at radius 3 is 1.41 bits per heavy atom. The maximum absolute atomic E-state index is 9.30. The molecule has 0 bridgehead atoms. The van der Waals surface area contributed by atoms with E-state index in [9.17, 15) is 10.2 Å². The number of pyridine rings is 2. The van der Waals surface area contributed by atoms with Crippen molar-refractivity contribution in [3.63, 3.8) is 0 Å². The molecule has 0 atom stereocenters. The Balaban J connectivity index is 0.000000169. The Morgan fingerprint density at radius 1 is 0.458 bits per heavy atom. The number of methoxy groups -OCH3 is 2. The van der Waals surface area contributed by atoms with E-state index in [0.717, 1.165) is 55.9 Å². The number of phenolic OH excluding ortho intramolecular Hbond substituents is 2. The van der Waals surface area contributed by atoms with E-state index in [1.54, 1.807) is 69.1 Å². The van der Waals surface area contributed by atoms with Crippen LogP contribution < -0.4 is 14.2 Å². The van der Waals surface area contributed by atoms with Gasteiger partial charge in [0.25, 0.3) is 0 Å². The van der Waals surface area contributed by atoms with E-state index in [4.69, 9.17) is 37.4 Å². The van der Waals surface area contributed by atoms with Crippen LogP contribution >= 0.6 is 23.2 Å². The van der Waals surface area contributed by atoms with Crippen molar-refractivity contribution in [2.24, 2.45) is 0 Å². The SMILES string of the molecule is CC(C)(c1ccc(O)cc1)c1ccc(O)cc1.COc1ccc(C(C)(C)c2ccc(Oc3ccc4c(OC)ccnc4c3)cc2)cc1.Clc1ccc2c(Cl)ccnc2c1. The summed E-state index contributed by atoms with van der Waals surface area (Å²) in [6.07, 6.45) is 3.40. The van der Waals surface area contributed by atoms with Crippen molar-refractivity contribution in [3.05, 3.63) is 190 Å². The van der Waals surface area contributed by atoms with Crippen molar-refractivity contribution in [2.45, 2.75) is 38.5 Å². The third kappa shape index (κ3) is 10.2. The van der Waals surface area contributed by atoms with Crippen molar-refractivity contribution < 1.29 is 24.4 Å². The molecular formula is C50H46Cl2N2O5. The quantitative estimate of drug-likeness (QED) is 0.158. The molecule has 0 aliphatic heterocycles. The molecule has 6 aromatic carbocycles. The van der Waals surface area contributed by atoms with Crippen LogP contribution in [0.2, 0.25) is 10.0 Å². The van der Waals surface area contributed by atoms with Crippen LogP contribution in [0.4, 0.5) is 0 Å². The van der Waals surface area contributed by atoms with Crippen LogP contribution in [0, 0.1) is 0 Å². The molecule has 0 fully saturated rings. The molecule has 8 aromatic rings. The van der Waals surface area contributed by atoms with E-state index in [1.807, 2.05) is 78.9 Å². The number of fused-ring (bicyclic) bond motifs is 2. The molecule has 9 heteroatoms. The van der Waals surface area contributed by atoms with Crippen LogP contribution in [0.5, 0.6) is 34.5 Å². The number of ether oxygens (including phenoxy) is 3. The second-order valence-electron chi connectivity index (χ2n) is 14.8. The van der Waals surface area contributed by atoms with Gasteiger partial charge in [0.15, 0.2) is 0 Å². The lowest BCUT2D eigenvalue weighted by Gasteiger charge is -2.26. The lowest BCUT2D eigenvalue weighted by atomic mass is 9.78. The number of rotatable bonds is 8. The number of hydrogen-bond donors (Lipinski definition) is 2. The van der Waals surface area contributed by atoms with E-state index in [2.05, 4.69) is 61.9 Å². The lowest BCUT2D eigenvalue weighted by Crippen LogP contribution is -2.18. The average Bonchev–Trinajstić information content (AvgIpc) is 3.24. The number of aromatic nitrogens is 2. The summed E-state index contributed by atoms with van der Waals surface area (Å²) < 4.78 is 16.7. The van der Waals surface area contributed by atoms with Crippen LogP contribution in [0.3, 0.4) is 0 Å². The topological polar surface area (TPSA) is 93.9 Å². The first-order valence-corrected chi connectivity index (χ1v) is 19.7. The summed E-state index contributed by atoms with van der Waals surface area (Å²) in [5, 5.41) is 21.9. The summed E-state index contributed by atoms with van der Waals surface area (Å²) in [6.45, 7) is 8.66. The molecule has 0 spiro atoms. The van der Waals surface area contributed by atoms with E-state index >= 15 is 0 Å². The minimum atomic E-state index is -0.151. The molecule has 2 heterocycles. The molecule has 0 saturated heterocycles. The number of phenols is 2. The molecule has 8 rings (SSSR count). The van der Waals surface area contributed by atoms with Crippen LogP contribution in [0.1, 0.15) is 49.9 Å². The number of hydrogen-bond acceptors (Lipinski definition) is 7. The van der Waals surface area contributed by atoms with Gasteiger partial charge < -0.3 is 24.4 Å². The zero-order valence-electron chi connectivity index (χ0n) is 33.8. The zero-order chi connectivity index (χ0) is 42.2. The van der Waals surface area contributed by atoms with Crippen molar-refractivity contribution in [3.8, 4) is 34.5 Å². The number of aromatic hydroxyl groups is 2. The molecule has 7 nitrogen and oxygen atoms in total. The van der Waals surface area contributed by atoms with Gasteiger partial charge in [-0.25, -0.2) is 0 Å². The molecule has 59 heavy (non-hydrogen) atoms. The number of benzene rings is 6. The predicted molar refractivity (Wildman–Crippen MR) is 240 cm³/mol. The van der Waals surface area contributed by atoms with Gasteiger partial charge in [-0.15, -0.1) is 0 Å². The lowest BCUT2D eigenvalue weighted by molar-refractivity contribution is 0.414. The molecule has 0 saturated carbocycles. The highest BCUT2D eigenvalue weighted by atomic mass is 35.5. The highest BCUT2D eigenvalue weighted by Crippen LogP contribution is 2.36. The first-order chi connectivity index (χ1) is 28.3. The molecule has 0 aliphatic carbocycles. The average molecular weight is 826 g/mol. The Morgan fingerprint density at radius 2 is 0.898 bits per heavy atom. The van der Waals surface area contributed by atoms with Crippen molar-refractivity contribution in [1.29, 1.82) is 0 Å². The first-order valence-electron chi connectivity index (χ1n) is 18.9. The third-order valence-electron chi connectivity index (χ3n) is 10.3. The van der Waals surface area contributed by atoms with Crippen molar-refractivity contribution >= 4 is 45.0 Å². The van der Waals surface area contributed by atoms with Gasteiger partial charge in [-0.3, -0.25) is 9.97 Å². The fraction of sp³-hybridized carbons (Fsp3) is 0.160. The number of halogens is 2. The zero-order valence-corrected chi connectivity index (χ0v) is 35.3. The summed E-state index contributed by atoms with van der Waals surface area (Å²) in [5.74, 6) is 3.74. The van der Waals surface area contributed by atoms with E-state index in [1.165, 1.54) is 11.1 Å². The van der Waals surface area contributed by atoms with Gasteiger partial charge in [-0.2, -0.15) is 0 Å². The summed E-state index contributed by atoms with van der Waals surface area (Å²) >= 11 is 11.7. The second-order valence-corrected chi connectivity index (χ2v) is 15.7. The molecule has 300 valence electrons. The van der Waals surface area contributed by atoms with Crippen molar-refractivity contribution in [2.75, 3.05) is 14.2 Å². The van der Waals surface area contributed by atoms with E-state index in [-0.39, 0.29) is 22.3 Å². The third-order valence-corrected chi connectivity index (χ3v) is 10.9. The Kier molecular flexibility index (Phi) is 13.3. The standard InChI is InChI=1S/C26H25NO3.C15H16O2.C9H5Cl2N/c1-26(2,18-5-9-20(28-3)10-6-18)19-7-11-21(12-8-19)30-22-13-14-23-24(17-22)27-16-15-25(23)29-4;1-15(2,11-3-7-13(16)8-4-11)12-5-9-14(17)10-6-12;10-6-1-2-7-8(11)3-4-12-9(7)5-6/h5-17H,1-4H3;3-10,16-17H,1-2H3;1-5H. The van der Waals surface area contributed by atoms with Gasteiger partial charge in [0, 0.05) is 45.1 Å². The van der Waals surface area contributed by atoms with Gasteiger partial charge in [0.05, 0.1) is 30.3 Å². The Bertz CT molecular complexity index is 2580. The van der Waals surface area contributed by atoms with Gasteiger partial charge in [-0.1, -0.05) is 99.4 Å². The predicted octanol–water partition coefficient (Wildman–Crippen LogP) is 13.3. The monoisotopic (exact) mass is 824 g/mol. The molecule has 2 N–H and O–H groups in total. The normalized spacial score (nSPS) is 11.2. The molecular weight excluding hydrogens is 779 g/mol. The fourth-order valence-electron chi connectivity index (χ4n) is 6.60. The van der Waals surface area contributed by atoms with Crippen molar-refractivity contribution in [1.82, 2.24) is 9.97 Å². The van der Waals surface area contributed by atoms with Crippen LogP contribution in [-0.2, 0) is 10.8 Å². The Hall–Kier alpha value is -6.28. The first kappa shape index (κ1) is 42.3. The minimum Gasteiger partial charge on any atom is -0.508 e. The van der Waals surface area contributed by atoms with E-state index in [0.29, 0.717) is 10.0 Å². The molecule has 0 aliphatic rings. The smallest absolute Gasteiger partial charge is 0.129 e.